The Morgan fingerprint density at radius 2 is 2.05 bits per heavy atom. The zero-order chi connectivity index (χ0) is 14.9. The first-order valence-electron chi connectivity index (χ1n) is 7.80. The summed E-state index contributed by atoms with van der Waals surface area (Å²) in [6.45, 7) is 9.60. The van der Waals surface area contributed by atoms with Gasteiger partial charge >= 0.3 is 0 Å². The van der Waals surface area contributed by atoms with Gasteiger partial charge in [-0.3, -0.25) is 4.90 Å². The van der Waals surface area contributed by atoms with Crippen molar-refractivity contribution in [2.45, 2.75) is 44.4 Å². The van der Waals surface area contributed by atoms with Gasteiger partial charge in [0.25, 0.3) is 0 Å². The average Bonchev–Trinajstić information content (AvgIpc) is 3.04. The molecule has 1 aromatic rings. The Morgan fingerprint density at radius 3 is 2.86 bits per heavy atom. The maximum atomic E-state index is 5.51. The molecule has 3 rings (SSSR count). The third-order valence-corrected chi connectivity index (χ3v) is 5.31. The Morgan fingerprint density at radius 1 is 1.24 bits per heavy atom. The van der Waals surface area contributed by atoms with Crippen LogP contribution in [-0.4, -0.2) is 35.3 Å². The Labute approximate surface area is 132 Å². The van der Waals surface area contributed by atoms with Gasteiger partial charge in [0, 0.05) is 23.1 Å². The molecule has 116 valence electrons. The lowest BCUT2D eigenvalue weighted by Gasteiger charge is -2.26. The lowest BCUT2D eigenvalue weighted by molar-refractivity contribution is 0.174. The summed E-state index contributed by atoms with van der Waals surface area (Å²) < 4.78 is 11.3. The number of rotatable bonds is 4. The predicted molar refractivity (Wildman–Crippen MR) is 88.3 cm³/mol. The van der Waals surface area contributed by atoms with Crippen molar-refractivity contribution in [2.75, 3.05) is 25.6 Å². The molecule has 1 unspecified atom stereocenters. The van der Waals surface area contributed by atoms with Crippen LogP contribution in [0.2, 0.25) is 0 Å². The lowest BCUT2D eigenvalue weighted by Crippen LogP contribution is -2.27. The van der Waals surface area contributed by atoms with Gasteiger partial charge in [-0.25, -0.2) is 0 Å². The summed E-state index contributed by atoms with van der Waals surface area (Å²) in [6.07, 6.45) is 2.54. The van der Waals surface area contributed by atoms with Crippen molar-refractivity contribution in [1.29, 1.82) is 0 Å². The predicted octanol–water partition coefficient (Wildman–Crippen LogP) is 4.08. The van der Waals surface area contributed by atoms with Crippen molar-refractivity contribution < 1.29 is 9.47 Å². The highest BCUT2D eigenvalue weighted by molar-refractivity contribution is 8.00. The number of ether oxygens (including phenoxy) is 2. The molecule has 0 aromatic heterocycles. The number of hydrogen-bond acceptors (Lipinski definition) is 4. The number of likely N-dealkylation sites (tertiary alicyclic amines) is 1. The van der Waals surface area contributed by atoms with Crippen LogP contribution in [0, 0.1) is 0 Å². The summed E-state index contributed by atoms with van der Waals surface area (Å²) in [6, 6.07) is 6.97. The lowest BCUT2D eigenvalue weighted by atomic mass is 10.0. The highest BCUT2D eigenvalue weighted by atomic mass is 32.2. The molecule has 3 nitrogen and oxygen atoms in total. The fraction of sp³-hybridized carbons (Fsp3) is 0.647. The van der Waals surface area contributed by atoms with Gasteiger partial charge in [-0.15, -0.1) is 0 Å². The zero-order valence-electron chi connectivity index (χ0n) is 13.2. The fourth-order valence-electron chi connectivity index (χ4n) is 3.06. The van der Waals surface area contributed by atoms with Gasteiger partial charge in [0.2, 0.25) is 6.79 Å². The molecule has 21 heavy (non-hydrogen) atoms. The van der Waals surface area contributed by atoms with E-state index < -0.39 is 0 Å². The highest BCUT2D eigenvalue weighted by Crippen LogP contribution is 2.39. The summed E-state index contributed by atoms with van der Waals surface area (Å²) in [7, 11) is 0. The van der Waals surface area contributed by atoms with Gasteiger partial charge < -0.3 is 9.47 Å². The molecule has 0 saturated carbocycles. The van der Waals surface area contributed by atoms with Crippen molar-refractivity contribution in [1.82, 2.24) is 4.90 Å². The van der Waals surface area contributed by atoms with Crippen molar-refractivity contribution in [3.05, 3.63) is 23.8 Å². The first kappa shape index (κ1) is 15.0. The average molecular weight is 307 g/mol. The fourth-order valence-corrected chi connectivity index (χ4v) is 4.00. The Balaban J connectivity index is 1.64. The van der Waals surface area contributed by atoms with Gasteiger partial charge in [-0.05, 0) is 37.1 Å². The van der Waals surface area contributed by atoms with Crippen LogP contribution in [0.1, 0.15) is 45.2 Å². The van der Waals surface area contributed by atoms with E-state index in [-0.39, 0.29) is 0 Å². The third kappa shape index (κ3) is 3.67. The number of hydrogen-bond donors (Lipinski definition) is 0. The molecular formula is C17H25NO2S. The standard InChI is InChI=1S/C17H25NO2S/c1-17(2,3)21-10-9-18-8-4-5-14(18)13-6-7-15-16(11-13)20-12-19-15/h6-7,11,14H,4-5,8-10,12H2,1-3H3. The molecule has 2 aliphatic heterocycles. The van der Waals surface area contributed by atoms with Crippen molar-refractivity contribution in [3.8, 4) is 11.5 Å². The Hall–Kier alpha value is -0.870. The Kier molecular flexibility index (Phi) is 4.36. The van der Waals surface area contributed by atoms with E-state index in [2.05, 4.69) is 55.6 Å². The van der Waals surface area contributed by atoms with E-state index >= 15 is 0 Å². The minimum absolute atomic E-state index is 0.355. The first-order valence-corrected chi connectivity index (χ1v) is 8.79. The second kappa shape index (κ2) is 6.09. The van der Waals surface area contributed by atoms with Gasteiger partial charge in [-0.1, -0.05) is 26.8 Å². The highest BCUT2D eigenvalue weighted by Gasteiger charge is 2.27. The first-order chi connectivity index (χ1) is 10.0. The summed E-state index contributed by atoms with van der Waals surface area (Å²) in [5, 5.41) is 0. The summed E-state index contributed by atoms with van der Waals surface area (Å²) >= 11 is 2.05. The van der Waals surface area contributed by atoms with Crippen LogP contribution >= 0.6 is 11.8 Å². The minimum atomic E-state index is 0.355. The molecule has 1 fully saturated rings. The van der Waals surface area contributed by atoms with Crippen LogP contribution in [0.4, 0.5) is 0 Å². The van der Waals surface area contributed by atoms with Crippen LogP contribution < -0.4 is 9.47 Å². The van der Waals surface area contributed by atoms with E-state index in [1.165, 1.54) is 37.2 Å². The normalized spacial score (nSPS) is 22.0. The van der Waals surface area contributed by atoms with E-state index in [1.54, 1.807) is 0 Å². The molecule has 0 bridgehead atoms. The smallest absolute Gasteiger partial charge is 0.231 e. The van der Waals surface area contributed by atoms with Crippen LogP contribution in [0.3, 0.4) is 0 Å². The van der Waals surface area contributed by atoms with Crippen LogP contribution in [-0.2, 0) is 0 Å². The van der Waals surface area contributed by atoms with Crippen LogP contribution in [0.15, 0.2) is 18.2 Å². The molecule has 1 atom stereocenters. The third-order valence-electron chi connectivity index (χ3n) is 4.06. The molecule has 0 N–H and O–H groups in total. The molecule has 4 heteroatoms. The number of nitrogens with zero attached hydrogens (tertiary/aromatic N) is 1. The van der Waals surface area contributed by atoms with E-state index in [0.717, 1.165) is 11.5 Å². The number of fused-ring (bicyclic) bond motifs is 1. The van der Waals surface area contributed by atoms with Gasteiger partial charge in [0.15, 0.2) is 11.5 Å². The molecule has 0 radical (unpaired) electrons. The molecule has 0 aliphatic carbocycles. The summed E-state index contributed by atoms with van der Waals surface area (Å²) in [5.74, 6) is 2.99. The van der Waals surface area contributed by atoms with E-state index in [1.807, 2.05) is 0 Å². The second-order valence-electron chi connectivity index (χ2n) is 6.77. The van der Waals surface area contributed by atoms with E-state index in [4.69, 9.17) is 9.47 Å². The van der Waals surface area contributed by atoms with Gasteiger partial charge in [0.05, 0.1) is 0 Å². The monoisotopic (exact) mass is 307 g/mol. The molecule has 1 saturated heterocycles. The van der Waals surface area contributed by atoms with Crippen LogP contribution in [0.5, 0.6) is 11.5 Å². The van der Waals surface area contributed by atoms with E-state index in [9.17, 15) is 0 Å². The summed E-state index contributed by atoms with van der Waals surface area (Å²) in [4.78, 5) is 2.62. The zero-order valence-corrected chi connectivity index (χ0v) is 14.0. The van der Waals surface area contributed by atoms with Gasteiger partial charge in [0.1, 0.15) is 0 Å². The maximum absolute atomic E-state index is 5.51. The maximum Gasteiger partial charge on any atom is 0.231 e. The van der Waals surface area contributed by atoms with Gasteiger partial charge in [-0.2, -0.15) is 11.8 Å². The molecule has 1 aromatic carbocycles. The molecule has 0 amide bonds. The van der Waals surface area contributed by atoms with Crippen molar-refractivity contribution in [3.63, 3.8) is 0 Å². The number of thioether (sulfide) groups is 1. The van der Waals surface area contributed by atoms with Crippen molar-refractivity contribution in [2.24, 2.45) is 0 Å². The van der Waals surface area contributed by atoms with Crippen molar-refractivity contribution >= 4 is 11.8 Å². The largest absolute Gasteiger partial charge is 0.454 e. The molecule has 2 aliphatic rings. The molecular weight excluding hydrogens is 282 g/mol. The SMILES string of the molecule is CC(C)(C)SCCN1CCCC1c1ccc2c(c1)OCO2. The Bertz CT molecular complexity index is 498. The van der Waals surface area contributed by atoms with Crippen LogP contribution in [0.25, 0.3) is 0 Å². The molecule has 0 spiro atoms. The topological polar surface area (TPSA) is 21.7 Å². The minimum Gasteiger partial charge on any atom is -0.454 e. The van der Waals surface area contributed by atoms with E-state index in [0.29, 0.717) is 17.6 Å². The molecule has 2 heterocycles. The second-order valence-corrected chi connectivity index (χ2v) is 8.69. The quantitative estimate of drug-likeness (QED) is 0.835. The summed E-state index contributed by atoms with van der Waals surface area (Å²) in [5.41, 5.74) is 1.37. The number of benzene rings is 1.